The van der Waals surface area contributed by atoms with Crippen LogP contribution in [0.3, 0.4) is 0 Å². The summed E-state index contributed by atoms with van der Waals surface area (Å²) in [5.74, 6) is 1.54. The highest BCUT2D eigenvalue weighted by Gasteiger charge is 1.97. The summed E-state index contributed by atoms with van der Waals surface area (Å²) in [5, 5.41) is 8.57. The van der Waals surface area contributed by atoms with E-state index >= 15 is 0 Å². The van der Waals surface area contributed by atoms with Crippen molar-refractivity contribution < 1.29 is 14.6 Å². The van der Waals surface area contributed by atoms with Crippen LogP contribution >= 0.6 is 0 Å². The number of benzene rings is 2. The van der Waals surface area contributed by atoms with Gasteiger partial charge in [0.1, 0.15) is 0 Å². The summed E-state index contributed by atoms with van der Waals surface area (Å²) in [5.41, 5.74) is 1.32. The second-order valence-corrected chi connectivity index (χ2v) is 7.42. The number of ether oxygens (including phenoxy) is 2. The summed E-state index contributed by atoms with van der Waals surface area (Å²) >= 11 is 0. The predicted molar refractivity (Wildman–Crippen MR) is 130 cm³/mol. The smallest absolute Gasteiger partial charge is 0.160 e. The van der Waals surface area contributed by atoms with Gasteiger partial charge in [-0.25, -0.2) is 0 Å². The lowest BCUT2D eigenvalue weighted by molar-refractivity contribution is 0.282. The van der Waals surface area contributed by atoms with Crippen molar-refractivity contribution in [3.05, 3.63) is 60.2 Å². The molecule has 30 heavy (non-hydrogen) atoms. The van der Waals surface area contributed by atoms with Crippen molar-refractivity contribution >= 4 is 0 Å². The number of methoxy groups -OCH3 is 2. The SMILES string of the molecule is CCCCCCCCCCCCO.COc1ccccc1OC.Cc1ccccc1. The molecule has 2 rings (SSSR count). The summed E-state index contributed by atoms with van der Waals surface area (Å²) < 4.78 is 10.0. The van der Waals surface area contributed by atoms with Gasteiger partial charge in [-0.15, -0.1) is 0 Å². The fourth-order valence-electron chi connectivity index (χ4n) is 2.92. The number of rotatable bonds is 12. The molecule has 0 heterocycles. The molecular formula is C27H44O3. The molecule has 0 spiro atoms. The Morgan fingerprint density at radius 1 is 0.600 bits per heavy atom. The Bertz CT molecular complexity index is 551. The summed E-state index contributed by atoms with van der Waals surface area (Å²) in [6.07, 6.45) is 13.3. The fraction of sp³-hybridized carbons (Fsp3) is 0.556. The van der Waals surface area contributed by atoms with Gasteiger partial charge < -0.3 is 14.6 Å². The van der Waals surface area contributed by atoms with E-state index in [2.05, 4.69) is 26.0 Å². The highest BCUT2D eigenvalue weighted by Crippen LogP contribution is 2.24. The van der Waals surface area contributed by atoms with Crippen molar-refractivity contribution in [3.63, 3.8) is 0 Å². The van der Waals surface area contributed by atoms with Crippen molar-refractivity contribution in [1.29, 1.82) is 0 Å². The summed E-state index contributed by atoms with van der Waals surface area (Å²) in [6.45, 7) is 4.71. The zero-order chi connectivity index (χ0) is 22.3. The molecule has 0 radical (unpaired) electrons. The van der Waals surface area contributed by atoms with Gasteiger partial charge >= 0.3 is 0 Å². The Labute approximate surface area is 185 Å². The van der Waals surface area contributed by atoms with Crippen LogP contribution in [0.15, 0.2) is 54.6 Å². The minimum atomic E-state index is 0.372. The molecule has 0 aliphatic carbocycles. The molecule has 0 aliphatic rings. The van der Waals surface area contributed by atoms with Crippen LogP contribution in [-0.4, -0.2) is 25.9 Å². The van der Waals surface area contributed by atoms with Gasteiger partial charge in [0.2, 0.25) is 0 Å². The van der Waals surface area contributed by atoms with Crippen LogP contribution in [0.2, 0.25) is 0 Å². The third-order valence-corrected chi connectivity index (χ3v) is 4.74. The molecule has 0 unspecified atom stereocenters. The predicted octanol–water partition coefficient (Wildman–Crippen LogP) is 7.60. The Kier molecular flexibility index (Phi) is 20.3. The summed E-state index contributed by atoms with van der Waals surface area (Å²) in [6, 6.07) is 17.8. The Morgan fingerprint density at radius 3 is 1.33 bits per heavy atom. The van der Waals surface area contributed by atoms with E-state index < -0.39 is 0 Å². The summed E-state index contributed by atoms with van der Waals surface area (Å²) in [4.78, 5) is 0. The van der Waals surface area contributed by atoms with Crippen LogP contribution in [0.4, 0.5) is 0 Å². The summed E-state index contributed by atoms with van der Waals surface area (Å²) in [7, 11) is 3.25. The third kappa shape index (κ3) is 16.9. The average Bonchev–Trinajstić information content (AvgIpc) is 2.79. The largest absolute Gasteiger partial charge is 0.493 e. The van der Waals surface area contributed by atoms with Crippen LogP contribution in [-0.2, 0) is 0 Å². The first kappa shape index (κ1) is 28.0. The lowest BCUT2D eigenvalue weighted by atomic mass is 10.1. The molecule has 0 aromatic heterocycles. The van der Waals surface area contributed by atoms with E-state index in [1.165, 1.54) is 63.4 Å². The maximum atomic E-state index is 8.57. The topological polar surface area (TPSA) is 38.7 Å². The van der Waals surface area contributed by atoms with Gasteiger partial charge in [0, 0.05) is 6.61 Å². The molecule has 2 aromatic carbocycles. The molecule has 0 saturated heterocycles. The fourth-order valence-corrected chi connectivity index (χ4v) is 2.92. The first-order valence-corrected chi connectivity index (χ1v) is 11.5. The van der Waals surface area contributed by atoms with Crippen molar-refractivity contribution in [1.82, 2.24) is 0 Å². The maximum Gasteiger partial charge on any atom is 0.160 e. The lowest BCUT2D eigenvalue weighted by Gasteiger charge is -2.04. The zero-order valence-corrected chi connectivity index (χ0v) is 19.7. The van der Waals surface area contributed by atoms with Gasteiger partial charge in [-0.3, -0.25) is 0 Å². The Hall–Kier alpha value is -2.00. The van der Waals surface area contributed by atoms with Gasteiger partial charge in [0.15, 0.2) is 11.5 Å². The minimum absolute atomic E-state index is 0.372. The molecule has 0 saturated carbocycles. The number of hydrogen-bond acceptors (Lipinski definition) is 3. The number of unbranched alkanes of at least 4 members (excludes halogenated alkanes) is 9. The van der Waals surface area contributed by atoms with Gasteiger partial charge in [-0.05, 0) is 25.5 Å². The van der Waals surface area contributed by atoms with E-state index in [-0.39, 0.29) is 0 Å². The molecule has 3 nitrogen and oxygen atoms in total. The van der Waals surface area contributed by atoms with E-state index in [1.807, 2.05) is 42.5 Å². The van der Waals surface area contributed by atoms with Gasteiger partial charge in [0.25, 0.3) is 0 Å². The molecule has 3 heteroatoms. The van der Waals surface area contributed by atoms with E-state index in [9.17, 15) is 0 Å². The molecule has 0 fully saturated rings. The quantitative estimate of drug-likeness (QED) is 0.362. The van der Waals surface area contributed by atoms with Crippen LogP contribution in [0, 0.1) is 6.92 Å². The first-order valence-electron chi connectivity index (χ1n) is 11.5. The monoisotopic (exact) mass is 416 g/mol. The first-order chi connectivity index (χ1) is 14.7. The van der Waals surface area contributed by atoms with E-state index in [4.69, 9.17) is 14.6 Å². The molecule has 0 amide bonds. The number of aliphatic hydroxyl groups is 1. The highest BCUT2D eigenvalue weighted by molar-refractivity contribution is 5.39. The average molecular weight is 417 g/mol. The Balaban J connectivity index is 0.000000438. The normalized spacial score (nSPS) is 9.63. The van der Waals surface area contributed by atoms with Gasteiger partial charge in [0.05, 0.1) is 14.2 Å². The van der Waals surface area contributed by atoms with Crippen molar-refractivity contribution in [2.75, 3.05) is 20.8 Å². The van der Waals surface area contributed by atoms with Crippen LogP contribution in [0.25, 0.3) is 0 Å². The zero-order valence-electron chi connectivity index (χ0n) is 19.7. The van der Waals surface area contributed by atoms with Crippen molar-refractivity contribution in [3.8, 4) is 11.5 Å². The van der Waals surface area contributed by atoms with E-state index in [0.29, 0.717) is 6.61 Å². The standard InChI is InChI=1S/C12H26O.C8H10O2.C7H8/c1-2-3-4-5-6-7-8-9-10-11-12-13;1-9-7-5-3-4-6-8(7)10-2;1-7-5-3-2-4-6-7/h13H,2-12H2,1H3;3-6H,1-2H3;2-6H,1H3. The number of aliphatic hydroxyl groups excluding tert-OH is 1. The number of para-hydroxylation sites is 2. The molecule has 0 atom stereocenters. The van der Waals surface area contributed by atoms with Gasteiger partial charge in [-0.1, -0.05) is 113 Å². The van der Waals surface area contributed by atoms with E-state index in [0.717, 1.165) is 17.9 Å². The van der Waals surface area contributed by atoms with Crippen LogP contribution in [0.1, 0.15) is 76.7 Å². The van der Waals surface area contributed by atoms with E-state index in [1.54, 1.807) is 14.2 Å². The molecule has 0 aliphatic heterocycles. The molecule has 170 valence electrons. The lowest BCUT2D eigenvalue weighted by Crippen LogP contribution is -1.88. The van der Waals surface area contributed by atoms with Crippen LogP contribution < -0.4 is 9.47 Å². The molecular weight excluding hydrogens is 372 g/mol. The molecule has 0 bridgehead atoms. The van der Waals surface area contributed by atoms with Gasteiger partial charge in [-0.2, -0.15) is 0 Å². The highest BCUT2D eigenvalue weighted by atomic mass is 16.5. The van der Waals surface area contributed by atoms with Crippen LogP contribution in [0.5, 0.6) is 11.5 Å². The van der Waals surface area contributed by atoms with Crippen molar-refractivity contribution in [2.45, 2.75) is 78.1 Å². The van der Waals surface area contributed by atoms with Crippen molar-refractivity contribution in [2.24, 2.45) is 0 Å². The molecule has 2 aromatic rings. The second kappa shape index (κ2) is 21.7. The number of aryl methyl sites for hydroxylation is 1. The Morgan fingerprint density at radius 2 is 1.00 bits per heavy atom. The second-order valence-electron chi connectivity index (χ2n) is 7.42. The maximum absolute atomic E-state index is 8.57. The number of hydrogen-bond donors (Lipinski definition) is 1. The third-order valence-electron chi connectivity index (χ3n) is 4.74. The minimum Gasteiger partial charge on any atom is -0.493 e. The molecule has 1 N–H and O–H groups in total.